The third-order valence-electron chi connectivity index (χ3n) is 5.80. The van der Waals surface area contributed by atoms with Gasteiger partial charge < -0.3 is 10.1 Å². The molecule has 9 heteroatoms. The number of carbonyl (C=O) groups is 1. The second kappa shape index (κ2) is 9.50. The van der Waals surface area contributed by atoms with Crippen molar-refractivity contribution < 1.29 is 9.53 Å². The van der Waals surface area contributed by atoms with Gasteiger partial charge in [0, 0.05) is 6.61 Å². The van der Waals surface area contributed by atoms with Crippen LogP contribution in [0.25, 0.3) is 10.7 Å². The monoisotopic (exact) mass is 445 g/mol. The molecule has 0 bridgehead atoms. The molecule has 7 nitrogen and oxygen atoms in total. The number of nitrogens with zero attached hydrogens (tertiary/aromatic N) is 4. The standard InChI is InChI=1S/C21H27N5O2S2/c1-15(19(27)23-21(14-22)9-3-2-4-10-21)30-20-25-24-18(17-8-6-12-29-17)26(20)13-16-7-5-11-28-16/h6,8,12,15-16H,2-5,7,9-11,13H2,1H3,(H,23,27). The van der Waals surface area contributed by atoms with Crippen LogP contribution >= 0.6 is 23.1 Å². The highest BCUT2D eigenvalue weighted by Gasteiger charge is 2.35. The van der Waals surface area contributed by atoms with Crippen molar-refractivity contribution in [1.29, 1.82) is 5.26 Å². The molecule has 0 radical (unpaired) electrons. The summed E-state index contributed by atoms with van der Waals surface area (Å²) < 4.78 is 7.92. The Kier molecular flexibility index (Phi) is 6.76. The Balaban J connectivity index is 1.50. The van der Waals surface area contributed by atoms with Crippen LogP contribution in [0.3, 0.4) is 0 Å². The molecule has 2 aliphatic rings. The smallest absolute Gasteiger partial charge is 0.234 e. The van der Waals surface area contributed by atoms with Crippen LogP contribution < -0.4 is 5.32 Å². The normalized spacial score (nSPS) is 21.8. The van der Waals surface area contributed by atoms with E-state index in [0.29, 0.717) is 11.7 Å². The Morgan fingerprint density at radius 1 is 1.43 bits per heavy atom. The van der Waals surface area contributed by atoms with Gasteiger partial charge in [0.1, 0.15) is 5.54 Å². The topological polar surface area (TPSA) is 92.8 Å². The number of rotatable bonds is 7. The molecule has 1 amide bonds. The van der Waals surface area contributed by atoms with Crippen molar-refractivity contribution in [1.82, 2.24) is 20.1 Å². The van der Waals surface area contributed by atoms with E-state index < -0.39 is 5.54 Å². The molecule has 2 unspecified atom stereocenters. The summed E-state index contributed by atoms with van der Waals surface area (Å²) in [5, 5.41) is 23.9. The van der Waals surface area contributed by atoms with Gasteiger partial charge in [-0.05, 0) is 44.1 Å². The predicted molar refractivity (Wildman–Crippen MR) is 117 cm³/mol. The summed E-state index contributed by atoms with van der Waals surface area (Å²) in [6.07, 6.45) is 6.78. The number of thioether (sulfide) groups is 1. The number of ether oxygens (including phenoxy) is 1. The zero-order chi connectivity index (χ0) is 21.0. The Morgan fingerprint density at radius 3 is 2.93 bits per heavy atom. The number of nitriles is 1. The first-order valence-corrected chi connectivity index (χ1v) is 12.3. The first kappa shape index (κ1) is 21.3. The highest BCUT2D eigenvalue weighted by Crippen LogP contribution is 2.32. The van der Waals surface area contributed by atoms with Crippen LogP contribution in [0.2, 0.25) is 0 Å². The molecule has 2 atom stereocenters. The highest BCUT2D eigenvalue weighted by atomic mass is 32.2. The van der Waals surface area contributed by atoms with E-state index in [1.54, 1.807) is 11.3 Å². The number of hydrogen-bond donors (Lipinski definition) is 1. The minimum Gasteiger partial charge on any atom is -0.376 e. The Hall–Kier alpha value is -1.89. The van der Waals surface area contributed by atoms with E-state index in [-0.39, 0.29) is 17.3 Å². The van der Waals surface area contributed by atoms with Gasteiger partial charge in [-0.15, -0.1) is 21.5 Å². The number of hydrogen-bond acceptors (Lipinski definition) is 7. The zero-order valence-electron chi connectivity index (χ0n) is 17.2. The van der Waals surface area contributed by atoms with E-state index in [2.05, 4.69) is 26.2 Å². The SMILES string of the molecule is CC(Sc1nnc(-c2cccs2)n1CC1CCCO1)C(=O)NC1(C#N)CCCCC1. The summed E-state index contributed by atoms with van der Waals surface area (Å²) in [7, 11) is 0. The Bertz CT molecular complexity index is 893. The quantitative estimate of drug-likeness (QED) is 0.647. The minimum absolute atomic E-state index is 0.118. The van der Waals surface area contributed by atoms with E-state index >= 15 is 0 Å². The second-order valence-electron chi connectivity index (χ2n) is 8.03. The van der Waals surface area contributed by atoms with E-state index in [0.717, 1.165) is 62.3 Å². The van der Waals surface area contributed by atoms with Crippen molar-refractivity contribution in [2.45, 2.75) is 80.5 Å². The lowest BCUT2D eigenvalue weighted by Crippen LogP contribution is -2.51. The molecular formula is C21H27N5O2S2. The summed E-state index contributed by atoms with van der Waals surface area (Å²) >= 11 is 3.02. The van der Waals surface area contributed by atoms with Crippen molar-refractivity contribution in [3.63, 3.8) is 0 Å². The predicted octanol–water partition coefficient (Wildman–Crippen LogP) is 4.01. The summed E-state index contributed by atoms with van der Waals surface area (Å²) in [6.45, 7) is 3.33. The van der Waals surface area contributed by atoms with Crippen molar-refractivity contribution in [3.8, 4) is 16.8 Å². The van der Waals surface area contributed by atoms with Crippen LogP contribution in [0.4, 0.5) is 0 Å². The Morgan fingerprint density at radius 2 is 2.27 bits per heavy atom. The number of carbonyl (C=O) groups excluding carboxylic acids is 1. The maximum absolute atomic E-state index is 12.9. The maximum Gasteiger partial charge on any atom is 0.234 e. The van der Waals surface area contributed by atoms with Crippen LogP contribution in [-0.4, -0.2) is 44.2 Å². The van der Waals surface area contributed by atoms with Gasteiger partial charge >= 0.3 is 0 Å². The van der Waals surface area contributed by atoms with Crippen LogP contribution in [0.1, 0.15) is 51.9 Å². The van der Waals surface area contributed by atoms with Gasteiger partial charge in [-0.3, -0.25) is 9.36 Å². The lowest BCUT2D eigenvalue weighted by Gasteiger charge is -2.32. The highest BCUT2D eigenvalue weighted by molar-refractivity contribution is 8.00. The van der Waals surface area contributed by atoms with E-state index in [9.17, 15) is 10.1 Å². The molecule has 1 saturated carbocycles. The molecule has 0 spiro atoms. The molecule has 2 fully saturated rings. The van der Waals surface area contributed by atoms with E-state index in [1.807, 2.05) is 24.4 Å². The fourth-order valence-corrected chi connectivity index (χ4v) is 5.67. The van der Waals surface area contributed by atoms with Crippen molar-refractivity contribution >= 4 is 29.0 Å². The third-order valence-corrected chi connectivity index (χ3v) is 7.75. The van der Waals surface area contributed by atoms with Crippen molar-refractivity contribution in [2.24, 2.45) is 0 Å². The van der Waals surface area contributed by atoms with Gasteiger partial charge in [-0.1, -0.05) is 37.1 Å². The molecule has 1 N–H and O–H groups in total. The molecule has 1 aliphatic carbocycles. The molecule has 2 aromatic rings. The average molecular weight is 446 g/mol. The van der Waals surface area contributed by atoms with E-state index in [1.165, 1.54) is 11.8 Å². The summed E-state index contributed by atoms with van der Waals surface area (Å²) in [4.78, 5) is 14.0. The van der Waals surface area contributed by atoms with Crippen molar-refractivity contribution in [2.75, 3.05) is 6.61 Å². The second-order valence-corrected chi connectivity index (χ2v) is 10.3. The molecule has 4 rings (SSSR count). The molecule has 3 heterocycles. The molecule has 2 aromatic heterocycles. The first-order chi connectivity index (χ1) is 14.6. The molecule has 0 aromatic carbocycles. The molecule has 1 aliphatic heterocycles. The van der Waals surface area contributed by atoms with Crippen LogP contribution in [0.5, 0.6) is 0 Å². The van der Waals surface area contributed by atoms with Crippen molar-refractivity contribution in [3.05, 3.63) is 17.5 Å². The van der Waals surface area contributed by atoms with Crippen LogP contribution in [0, 0.1) is 11.3 Å². The van der Waals surface area contributed by atoms with Gasteiger partial charge in [0.05, 0.1) is 28.8 Å². The first-order valence-electron chi connectivity index (χ1n) is 10.6. The van der Waals surface area contributed by atoms with Gasteiger partial charge in [-0.2, -0.15) is 5.26 Å². The minimum atomic E-state index is -0.725. The fourth-order valence-electron chi connectivity index (χ4n) is 4.09. The van der Waals surface area contributed by atoms with Gasteiger partial charge in [0.25, 0.3) is 0 Å². The number of nitrogens with one attached hydrogen (secondary N) is 1. The lowest BCUT2D eigenvalue weighted by atomic mass is 9.83. The molecule has 1 saturated heterocycles. The lowest BCUT2D eigenvalue weighted by molar-refractivity contribution is -0.121. The zero-order valence-corrected chi connectivity index (χ0v) is 18.8. The number of aromatic nitrogens is 3. The van der Waals surface area contributed by atoms with Gasteiger partial charge in [0.15, 0.2) is 11.0 Å². The molecule has 30 heavy (non-hydrogen) atoms. The largest absolute Gasteiger partial charge is 0.376 e. The van der Waals surface area contributed by atoms with Crippen LogP contribution in [-0.2, 0) is 16.1 Å². The summed E-state index contributed by atoms with van der Waals surface area (Å²) in [5.41, 5.74) is -0.725. The van der Waals surface area contributed by atoms with Crippen LogP contribution in [0.15, 0.2) is 22.7 Å². The van der Waals surface area contributed by atoms with E-state index in [4.69, 9.17) is 4.74 Å². The van der Waals surface area contributed by atoms with Gasteiger partial charge in [0.2, 0.25) is 5.91 Å². The Labute approximate surface area is 185 Å². The molecule has 160 valence electrons. The molecular weight excluding hydrogens is 418 g/mol. The summed E-state index contributed by atoms with van der Waals surface area (Å²) in [6, 6.07) is 6.39. The fraction of sp³-hybridized carbons (Fsp3) is 0.619. The third kappa shape index (κ3) is 4.71. The number of thiophene rings is 1. The maximum atomic E-state index is 12.9. The van der Waals surface area contributed by atoms with Gasteiger partial charge in [-0.25, -0.2) is 0 Å². The number of amides is 1. The average Bonchev–Trinajstić information content (AvgIpc) is 3.52. The summed E-state index contributed by atoms with van der Waals surface area (Å²) in [5.74, 6) is 0.698.